The standard InChI is InChI=1S/C12H19NO3.C11H17NO4.2C11H17NO3.C10H15NO2.C9H13NO2/c1-9-7-10(2)12(11(13)8-9)16-6-5-15-4-3-14;1-14-9-2-3-11(10(12)8-9)16-7-6-15-5-4-13;1-9-2-3-11(10(12)8-9)15-7-6-14-5-4-13;1-9-3-2-4-10(11(9)12)15-8-7-14-6-5-13;1-7-5-8(2)10(9(11)6-7)13-4-3-12;1-7-3-2-4-8(9(7)10)12-6-5-11/h7-8,14H,3-6,13H2,1-2H3;2-3,8,13H,4-7,12H2,1H3;2-3,8,13H,4-7,12H2,1H3;2-4,13H,5-8,12H2,1H3;5-6,12H,3-4,11H2,1-2H3;2-4,11H,5-6,10H2,1H3. The molecule has 0 aliphatic heterocycles. The van der Waals surface area contributed by atoms with Crippen molar-refractivity contribution in [2.24, 2.45) is 0 Å². The van der Waals surface area contributed by atoms with E-state index < -0.39 is 0 Å². The number of anilines is 6. The number of benzene rings is 6. The van der Waals surface area contributed by atoms with Gasteiger partial charge >= 0.3 is 0 Å². The fraction of sp³-hybridized carbons (Fsp3) is 0.438. The highest BCUT2D eigenvalue weighted by molar-refractivity contribution is 5.61. The van der Waals surface area contributed by atoms with Gasteiger partial charge in [0, 0.05) is 6.07 Å². The summed E-state index contributed by atoms with van der Waals surface area (Å²) in [5, 5.41) is 51.1. The maximum atomic E-state index is 8.60. The Kier molecular flexibility index (Phi) is 42.2. The number of aliphatic hydroxyl groups excluding tert-OH is 6. The van der Waals surface area contributed by atoms with Crippen molar-refractivity contribution in [1.29, 1.82) is 0 Å². The first-order chi connectivity index (χ1) is 41.8. The van der Waals surface area contributed by atoms with Crippen molar-refractivity contribution < 1.29 is 82.7 Å². The van der Waals surface area contributed by atoms with Crippen LogP contribution in [0.2, 0.25) is 0 Å². The van der Waals surface area contributed by atoms with Crippen molar-refractivity contribution in [3.63, 3.8) is 0 Å². The average molecular weight is 1220 g/mol. The van der Waals surface area contributed by atoms with Gasteiger partial charge in [-0.15, -0.1) is 0 Å². The summed E-state index contributed by atoms with van der Waals surface area (Å²) in [6, 6.07) is 29.9. The summed E-state index contributed by atoms with van der Waals surface area (Å²) < 4.78 is 57.5. The number of aliphatic hydroxyl groups is 6. The van der Waals surface area contributed by atoms with Crippen LogP contribution in [0.25, 0.3) is 0 Å². The second-order valence-electron chi connectivity index (χ2n) is 18.8. The highest BCUT2D eigenvalue weighted by Crippen LogP contribution is 2.30. The Morgan fingerprint density at radius 2 is 0.632 bits per heavy atom. The summed E-state index contributed by atoms with van der Waals surface area (Å²) in [6.45, 7) is 19.3. The highest BCUT2D eigenvalue weighted by Gasteiger charge is 2.08. The Morgan fingerprint density at radius 3 is 1.00 bits per heavy atom. The molecular weight excluding hydrogens is 1120 g/mol. The summed E-state index contributed by atoms with van der Waals surface area (Å²) in [6.07, 6.45) is 0. The Balaban J connectivity index is 0.000000523. The molecule has 0 radical (unpaired) electrons. The first kappa shape index (κ1) is 77.3. The summed E-state index contributed by atoms with van der Waals surface area (Å²) in [7, 11) is 1.58. The molecule has 0 bridgehead atoms. The van der Waals surface area contributed by atoms with Crippen molar-refractivity contribution in [3.8, 4) is 40.2 Å². The highest BCUT2D eigenvalue weighted by atomic mass is 16.5. The third kappa shape index (κ3) is 33.7. The van der Waals surface area contributed by atoms with E-state index in [-0.39, 0.29) is 52.9 Å². The van der Waals surface area contributed by atoms with E-state index in [1.165, 1.54) is 0 Å². The minimum atomic E-state index is 0.00670. The molecule has 6 rings (SSSR count). The maximum Gasteiger partial charge on any atom is 0.145 e. The fourth-order valence-corrected chi connectivity index (χ4v) is 7.32. The predicted molar refractivity (Wildman–Crippen MR) is 344 cm³/mol. The van der Waals surface area contributed by atoms with Crippen LogP contribution in [0.1, 0.15) is 38.9 Å². The average Bonchev–Trinajstić information content (AvgIpc) is 3.70. The molecule has 0 aliphatic carbocycles. The number of hydrogen-bond donors (Lipinski definition) is 12. The molecule has 23 heteroatoms. The van der Waals surface area contributed by atoms with Crippen LogP contribution in [0, 0.1) is 48.5 Å². The van der Waals surface area contributed by atoms with E-state index in [1.807, 2.05) is 121 Å². The molecule has 87 heavy (non-hydrogen) atoms. The largest absolute Gasteiger partial charge is 0.497 e. The summed E-state index contributed by atoms with van der Waals surface area (Å²) in [5.74, 6) is 4.70. The second kappa shape index (κ2) is 47.5. The van der Waals surface area contributed by atoms with Gasteiger partial charge in [0.25, 0.3) is 0 Å². The lowest BCUT2D eigenvalue weighted by atomic mass is 10.1. The van der Waals surface area contributed by atoms with Crippen LogP contribution in [0.15, 0.2) is 97.1 Å². The SMILES string of the molecule is COc1ccc(OCCOCCO)c(N)c1.Cc1cc(C)c(OCCO)c(N)c1.Cc1cc(C)c(OCCOCCO)c(N)c1.Cc1ccc(OCCOCCO)c(N)c1.Cc1cccc(OCCO)c1N.Cc1cccc(OCCOCCO)c1N. The fourth-order valence-electron chi connectivity index (χ4n) is 7.32. The Bertz CT molecular complexity index is 2730. The van der Waals surface area contributed by atoms with Gasteiger partial charge in [-0.25, -0.2) is 0 Å². The number of nitrogens with two attached hydrogens (primary N) is 6. The minimum Gasteiger partial charge on any atom is -0.497 e. The van der Waals surface area contributed by atoms with Gasteiger partial charge in [-0.3, -0.25) is 0 Å². The Morgan fingerprint density at radius 1 is 0.299 bits per heavy atom. The smallest absolute Gasteiger partial charge is 0.145 e. The third-order valence-electron chi connectivity index (χ3n) is 11.4. The van der Waals surface area contributed by atoms with Gasteiger partial charge in [-0.1, -0.05) is 42.5 Å². The van der Waals surface area contributed by atoms with Crippen LogP contribution >= 0.6 is 0 Å². The lowest BCUT2D eigenvalue weighted by Gasteiger charge is -2.12. The van der Waals surface area contributed by atoms with Crippen LogP contribution in [0.4, 0.5) is 34.1 Å². The van der Waals surface area contributed by atoms with Crippen LogP contribution < -0.4 is 67.6 Å². The van der Waals surface area contributed by atoms with Gasteiger partial charge < -0.3 is 117 Å². The van der Waals surface area contributed by atoms with Crippen molar-refractivity contribution in [2.75, 3.05) is 174 Å². The van der Waals surface area contributed by atoms with Gasteiger partial charge in [-0.05, 0) is 136 Å². The van der Waals surface area contributed by atoms with E-state index >= 15 is 0 Å². The van der Waals surface area contributed by atoms with E-state index in [0.29, 0.717) is 148 Å². The van der Waals surface area contributed by atoms with Gasteiger partial charge in [0.2, 0.25) is 0 Å². The lowest BCUT2D eigenvalue weighted by molar-refractivity contribution is 0.0705. The quantitative estimate of drug-likeness (QED) is 0.0173. The number of rotatable bonds is 31. The molecule has 0 saturated heterocycles. The first-order valence-electron chi connectivity index (χ1n) is 28.3. The van der Waals surface area contributed by atoms with E-state index in [0.717, 1.165) is 44.7 Å². The van der Waals surface area contributed by atoms with Crippen molar-refractivity contribution in [3.05, 3.63) is 136 Å². The summed E-state index contributed by atoms with van der Waals surface area (Å²) >= 11 is 0. The molecule has 0 aromatic heterocycles. The number of nitrogen functional groups attached to an aromatic ring is 6. The Hall–Kier alpha value is -7.68. The summed E-state index contributed by atoms with van der Waals surface area (Å²) in [5.41, 5.74) is 45.8. The number of ether oxygens (including phenoxy) is 11. The second-order valence-corrected chi connectivity index (χ2v) is 18.8. The molecule has 0 unspecified atom stereocenters. The van der Waals surface area contributed by atoms with Crippen molar-refractivity contribution in [2.45, 2.75) is 48.5 Å². The molecule has 0 amide bonds. The van der Waals surface area contributed by atoms with Crippen molar-refractivity contribution in [1.82, 2.24) is 0 Å². The normalized spacial score (nSPS) is 10.2. The zero-order valence-electron chi connectivity index (χ0n) is 52.0. The molecule has 0 aliphatic rings. The topological polar surface area (TPSA) is 379 Å². The molecule has 486 valence electrons. The number of hydrogen-bond acceptors (Lipinski definition) is 23. The molecule has 0 spiro atoms. The molecule has 6 aromatic rings. The monoisotopic (exact) mass is 1220 g/mol. The molecule has 0 heterocycles. The number of aryl methyl sites for hydroxylation is 7. The minimum absolute atomic E-state index is 0.00670. The van der Waals surface area contributed by atoms with Crippen LogP contribution in [0.3, 0.4) is 0 Å². The molecule has 23 nitrogen and oxygen atoms in total. The van der Waals surface area contributed by atoms with Crippen molar-refractivity contribution >= 4 is 34.1 Å². The van der Waals surface area contributed by atoms with Gasteiger partial charge in [0.15, 0.2) is 0 Å². The molecular formula is C64H98N6O17. The van der Waals surface area contributed by atoms with E-state index in [2.05, 4.69) is 0 Å². The zero-order valence-corrected chi connectivity index (χ0v) is 52.0. The molecule has 6 aromatic carbocycles. The number of methoxy groups -OCH3 is 1. The predicted octanol–water partition coefficient (Wildman–Crippen LogP) is 6.07. The number of para-hydroxylation sites is 2. The van der Waals surface area contributed by atoms with Gasteiger partial charge in [-0.2, -0.15) is 0 Å². The van der Waals surface area contributed by atoms with E-state index in [1.54, 1.807) is 31.4 Å². The molecule has 0 fully saturated rings. The van der Waals surface area contributed by atoms with Crippen LogP contribution in [0.5, 0.6) is 40.2 Å². The van der Waals surface area contributed by atoms with Crippen LogP contribution in [-0.4, -0.2) is 170 Å². The molecule has 18 N–H and O–H groups in total. The van der Waals surface area contributed by atoms with Gasteiger partial charge in [0.05, 0.1) is 134 Å². The zero-order chi connectivity index (χ0) is 64.8. The van der Waals surface area contributed by atoms with Crippen LogP contribution in [-0.2, 0) is 18.9 Å². The third-order valence-corrected chi connectivity index (χ3v) is 11.4. The maximum absolute atomic E-state index is 8.60. The molecule has 0 saturated carbocycles. The lowest BCUT2D eigenvalue weighted by Crippen LogP contribution is -2.10. The van der Waals surface area contributed by atoms with E-state index in [9.17, 15) is 0 Å². The first-order valence-corrected chi connectivity index (χ1v) is 28.3. The Labute approximate surface area is 513 Å². The molecule has 0 atom stereocenters. The van der Waals surface area contributed by atoms with Gasteiger partial charge in [0.1, 0.15) is 79.9 Å². The summed E-state index contributed by atoms with van der Waals surface area (Å²) in [4.78, 5) is 0. The van der Waals surface area contributed by atoms with E-state index in [4.69, 9.17) is 117 Å².